The number of aliphatic hydroxyl groups excluding tert-OH is 1. The fourth-order valence-electron chi connectivity index (χ4n) is 4.76. The van der Waals surface area contributed by atoms with E-state index in [2.05, 4.69) is 5.32 Å². The van der Waals surface area contributed by atoms with E-state index in [0.717, 1.165) is 25.7 Å². The van der Waals surface area contributed by atoms with Gasteiger partial charge in [0.15, 0.2) is 0 Å². The molecule has 1 aromatic rings. The highest BCUT2D eigenvalue weighted by Crippen LogP contribution is 2.50. The Bertz CT molecular complexity index is 806. The first kappa shape index (κ1) is 25.9. The number of hydrogen-bond acceptors (Lipinski definition) is 7. The molecule has 1 amide bonds. The lowest BCUT2D eigenvalue weighted by molar-refractivity contribution is -0.384. The topological polar surface area (TPSA) is 154 Å². The van der Waals surface area contributed by atoms with Crippen LogP contribution in [0.1, 0.15) is 77.8 Å². The molecule has 4 atom stereocenters. The molecule has 6 N–H and O–H groups in total. The van der Waals surface area contributed by atoms with Crippen molar-refractivity contribution in [1.29, 1.82) is 0 Å². The van der Waals surface area contributed by atoms with Gasteiger partial charge in [0.2, 0.25) is 5.91 Å². The van der Waals surface area contributed by atoms with E-state index in [1.54, 1.807) is 6.07 Å². The van der Waals surface area contributed by atoms with Crippen molar-refractivity contribution < 1.29 is 19.6 Å². The van der Waals surface area contributed by atoms with Crippen molar-refractivity contribution in [3.05, 3.63) is 27.8 Å². The summed E-state index contributed by atoms with van der Waals surface area (Å²) >= 11 is 0. The SMILES string of the molecule is CCC(C)C1(C(C)CC)Oc2cc([N+](=O)[O-])c(N)cc2C(NCCCCCC(N)=O)C1O. The molecular formula is C23H38N4O5. The monoisotopic (exact) mass is 450 g/mol. The highest BCUT2D eigenvalue weighted by molar-refractivity contribution is 5.73. The molecule has 1 heterocycles. The van der Waals surface area contributed by atoms with Gasteiger partial charge in [0, 0.05) is 12.0 Å². The van der Waals surface area contributed by atoms with Crippen molar-refractivity contribution in [3.8, 4) is 5.75 Å². The fraction of sp³-hybridized carbons (Fsp3) is 0.696. The molecule has 0 saturated carbocycles. The van der Waals surface area contributed by atoms with Gasteiger partial charge in [-0.1, -0.05) is 34.1 Å². The maximum Gasteiger partial charge on any atom is 0.295 e. The van der Waals surface area contributed by atoms with E-state index >= 15 is 0 Å². The normalized spacial score (nSPS) is 24.3. The second kappa shape index (κ2) is 11.0. The smallest absolute Gasteiger partial charge is 0.295 e. The predicted octanol–water partition coefficient (Wildman–Crippen LogP) is 3.44. The molecule has 0 fully saturated rings. The third kappa shape index (κ3) is 5.15. The Labute approximate surface area is 190 Å². The number of nitrogens with zero attached hydrogens (tertiary/aromatic N) is 1. The van der Waals surface area contributed by atoms with Crippen molar-refractivity contribution in [3.63, 3.8) is 0 Å². The molecule has 0 radical (unpaired) electrons. The predicted molar refractivity (Wildman–Crippen MR) is 124 cm³/mol. The number of benzene rings is 1. The zero-order valence-electron chi connectivity index (χ0n) is 19.6. The minimum Gasteiger partial charge on any atom is -0.483 e. The quantitative estimate of drug-likeness (QED) is 0.165. The van der Waals surface area contributed by atoms with Crippen LogP contribution in [0.4, 0.5) is 11.4 Å². The van der Waals surface area contributed by atoms with Crippen LogP contribution in [0.15, 0.2) is 12.1 Å². The number of nitro groups is 1. The number of primary amides is 1. The number of hydrogen-bond donors (Lipinski definition) is 4. The second-order valence-corrected chi connectivity index (χ2v) is 8.93. The van der Waals surface area contributed by atoms with Crippen molar-refractivity contribution in [1.82, 2.24) is 5.32 Å². The summed E-state index contributed by atoms with van der Waals surface area (Å²) in [6, 6.07) is 2.44. The molecule has 1 aliphatic rings. The van der Waals surface area contributed by atoms with E-state index in [1.165, 1.54) is 6.07 Å². The number of unbranched alkanes of at least 4 members (excludes halogenated alkanes) is 2. The lowest BCUT2D eigenvalue weighted by Gasteiger charge is -2.52. The van der Waals surface area contributed by atoms with E-state index in [-0.39, 0.29) is 29.1 Å². The average molecular weight is 451 g/mol. The third-order valence-electron chi connectivity index (χ3n) is 6.98. The summed E-state index contributed by atoms with van der Waals surface area (Å²) in [6.45, 7) is 8.80. The molecule has 4 unspecified atom stereocenters. The Balaban J connectivity index is 2.42. The van der Waals surface area contributed by atoms with Crippen LogP contribution in [-0.2, 0) is 4.79 Å². The first-order chi connectivity index (χ1) is 15.1. The number of amides is 1. The number of carbonyl (C=O) groups is 1. The van der Waals surface area contributed by atoms with E-state index in [0.29, 0.717) is 30.7 Å². The second-order valence-electron chi connectivity index (χ2n) is 8.93. The largest absolute Gasteiger partial charge is 0.483 e. The number of anilines is 1. The number of carbonyl (C=O) groups excluding carboxylic acids is 1. The molecule has 180 valence electrons. The Morgan fingerprint density at radius 2 is 1.88 bits per heavy atom. The van der Waals surface area contributed by atoms with Gasteiger partial charge in [-0.2, -0.15) is 0 Å². The van der Waals surface area contributed by atoms with Gasteiger partial charge in [0.1, 0.15) is 23.1 Å². The van der Waals surface area contributed by atoms with Crippen LogP contribution >= 0.6 is 0 Å². The Kier molecular flexibility index (Phi) is 8.86. The summed E-state index contributed by atoms with van der Waals surface area (Å²) in [6.07, 6.45) is 3.40. The number of nitro benzene ring substituents is 1. The van der Waals surface area contributed by atoms with Gasteiger partial charge in [0.25, 0.3) is 5.69 Å². The molecule has 0 saturated heterocycles. The number of nitrogen functional groups attached to an aromatic ring is 1. The minimum atomic E-state index is -0.899. The van der Waals surface area contributed by atoms with E-state index in [1.807, 2.05) is 27.7 Å². The maximum atomic E-state index is 11.7. The molecule has 32 heavy (non-hydrogen) atoms. The Morgan fingerprint density at radius 1 is 1.25 bits per heavy atom. The molecule has 1 aliphatic heterocycles. The standard InChI is InChI=1S/C23H38N4O5/c1-5-14(3)23(15(4)6-2)22(29)21(26-11-9-7-8-10-20(25)28)16-12-17(24)18(27(30)31)13-19(16)32-23/h12-15,21-22,26,29H,5-11,24H2,1-4H3,(H2,25,28). The maximum absolute atomic E-state index is 11.7. The van der Waals surface area contributed by atoms with Crippen LogP contribution in [0.2, 0.25) is 0 Å². The average Bonchev–Trinajstić information content (AvgIpc) is 2.75. The molecule has 9 heteroatoms. The van der Waals surface area contributed by atoms with Crippen molar-refractivity contribution in [2.75, 3.05) is 12.3 Å². The van der Waals surface area contributed by atoms with E-state index < -0.39 is 22.7 Å². The van der Waals surface area contributed by atoms with Crippen molar-refractivity contribution >= 4 is 17.3 Å². The van der Waals surface area contributed by atoms with Gasteiger partial charge in [-0.15, -0.1) is 0 Å². The van der Waals surface area contributed by atoms with Crippen molar-refractivity contribution in [2.45, 2.75) is 84.0 Å². The number of nitrogens with two attached hydrogens (primary N) is 2. The first-order valence-corrected chi connectivity index (χ1v) is 11.6. The van der Waals surface area contributed by atoms with E-state index in [9.17, 15) is 20.0 Å². The Hall–Kier alpha value is -2.39. The van der Waals surface area contributed by atoms with E-state index in [4.69, 9.17) is 16.2 Å². The van der Waals surface area contributed by atoms with Gasteiger partial charge < -0.3 is 26.6 Å². The first-order valence-electron chi connectivity index (χ1n) is 11.6. The van der Waals surface area contributed by atoms with Crippen LogP contribution in [0.25, 0.3) is 0 Å². The summed E-state index contributed by atoms with van der Waals surface area (Å²) in [7, 11) is 0. The highest BCUT2D eigenvalue weighted by atomic mass is 16.6. The molecule has 1 aromatic carbocycles. The summed E-state index contributed by atoms with van der Waals surface area (Å²) in [5, 5.41) is 26.6. The number of nitrogens with one attached hydrogen (secondary N) is 1. The Morgan fingerprint density at radius 3 is 2.41 bits per heavy atom. The van der Waals surface area contributed by atoms with Crippen LogP contribution in [0.3, 0.4) is 0 Å². The molecular weight excluding hydrogens is 412 g/mol. The molecule has 0 spiro atoms. The van der Waals surface area contributed by atoms with Gasteiger partial charge in [-0.25, -0.2) is 0 Å². The van der Waals surface area contributed by atoms with Gasteiger partial charge in [-0.05, 0) is 50.1 Å². The molecule has 0 bridgehead atoms. The molecule has 2 rings (SSSR count). The summed E-state index contributed by atoms with van der Waals surface area (Å²) in [5.74, 6) is 0.105. The van der Waals surface area contributed by atoms with Crippen LogP contribution in [0.5, 0.6) is 5.75 Å². The molecule has 0 aromatic heterocycles. The lowest BCUT2D eigenvalue weighted by Crippen LogP contribution is -2.63. The number of rotatable bonds is 12. The van der Waals surface area contributed by atoms with Gasteiger partial charge >= 0.3 is 0 Å². The summed E-state index contributed by atoms with van der Waals surface area (Å²) < 4.78 is 6.48. The molecule has 0 aliphatic carbocycles. The van der Waals surface area contributed by atoms with Crippen LogP contribution < -0.4 is 21.5 Å². The zero-order valence-corrected chi connectivity index (χ0v) is 19.6. The summed E-state index contributed by atoms with van der Waals surface area (Å²) in [4.78, 5) is 21.9. The number of ether oxygens (including phenoxy) is 1. The lowest BCUT2D eigenvalue weighted by atomic mass is 9.68. The fourth-order valence-corrected chi connectivity index (χ4v) is 4.76. The van der Waals surface area contributed by atoms with Crippen LogP contribution in [0, 0.1) is 22.0 Å². The summed E-state index contributed by atoms with van der Waals surface area (Å²) in [5.41, 5.74) is 10.7. The minimum absolute atomic E-state index is 0.0112. The van der Waals surface area contributed by atoms with Crippen molar-refractivity contribution in [2.24, 2.45) is 17.6 Å². The van der Waals surface area contributed by atoms with Gasteiger partial charge in [0.05, 0.1) is 17.0 Å². The van der Waals surface area contributed by atoms with Crippen LogP contribution in [-0.4, -0.2) is 34.2 Å². The highest BCUT2D eigenvalue weighted by Gasteiger charge is 2.55. The van der Waals surface area contributed by atoms with Gasteiger partial charge in [-0.3, -0.25) is 14.9 Å². The molecule has 9 nitrogen and oxygen atoms in total. The number of fused-ring (bicyclic) bond motifs is 1. The number of aliphatic hydroxyl groups is 1. The third-order valence-corrected chi connectivity index (χ3v) is 6.98. The zero-order chi connectivity index (χ0) is 24.1.